The SMILES string of the molecule is Cc1cc(C(=O)N2CCN(S(=O)(=O)c3c(C)cc(C(C)(C)C)cc3C)CC2)ccc1-n1cnnn1. The lowest BCUT2D eigenvalue weighted by molar-refractivity contribution is 0.0697. The summed E-state index contributed by atoms with van der Waals surface area (Å²) in [5.74, 6) is -0.115. The molecule has 2 aromatic carbocycles. The number of hydrogen-bond donors (Lipinski definition) is 0. The third-order valence-corrected chi connectivity index (χ3v) is 8.69. The number of carbonyl (C=O) groups excluding carboxylic acids is 1. The second-order valence-corrected chi connectivity index (χ2v) is 12.0. The summed E-state index contributed by atoms with van der Waals surface area (Å²) in [7, 11) is -3.66. The van der Waals surface area contributed by atoms with Crippen LogP contribution in [0.15, 0.2) is 41.6 Å². The highest BCUT2D eigenvalue weighted by Gasteiger charge is 2.33. The number of aryl methyl sites for hydroxylation is 3. The number of rotatable bonds is 4. The molecule has 0 atom stereocenters. The average molecular weight is 497 g/mol. The molecule has 1 aliphatic rings. The number of aromatic nitrogens is 4. The van der Waals surface area contributed by atoms with E-state index in [1.54, 1.807) is 15.6 Å². The maximum Gasteiger partial charge on any atom is 0.253 e. The monoisotopic (exact) mass is 496 g/mol. The van der Waals surface area contributed by atoms with Gasteiger partial charge in [0.05, 0.1) is 10.6 Å². The van der Waals surface area contributed by atoms with E-state index in [2.05, 4.69) is 36.3 Å². The Morgan fingerprint density at radius 3 is 2.06 bits per heavy atom. The molecular formula is C25H32N6O3S. The molecule has 0 aliphatic carbocycles. The van der Waals surface area contributed by atoms with Crippen molar-refractivity contribution in [1.82, 2.24) is 29.4 Å². The molecule has 1 saturated heterocycles. The van der Waals surface area contributed by atoms with Gasteiger partial charge in [0.1, 0.15) is 6.33 Å². The first kappa shape index (κ1) is 25.0. The zero-order valence-electron chi connectivity index (χ0n) is 21.1. The van der Waals surface area contributed by atoms with Gasteiger partial charge in [-0.3, -0.25) is 4.79 Å². The van der Waals surface area contributed by atoms with Crippen LogP contribution in [0.1, 0.15) is 53.4 Å². The van der Waals surface area contributed by atoms with E-state index >= 15 is 0 Å². The maximum atomic E-state index is 13.5. The van der Waals surface area contributed by atoms with Gasteiger partial charge in [-0.15, -0.1) is 5.10 Å². The van der Waals surface area contributed by atoms with E-state index in [0.29, 0.717) is 23.5 Å². The highest BCUT2D eigenvalue weighted by Crippen LogP contribution is 2.31. The Balaban J connectivity index is 1.49. The number of benzene rings is 2. The maximum absolute atomic E-state index is 13.5. The Morgan fingerprint density at radius 1 is 0.914 bits per heavy atom. The molecule has 9 nitrogen and oxygen atoms in total. The summed E-state index contributed by atoms with van der Waals surface area (Å²) in [6, 6.07) is 9.32. The molecule has 1 fully saturated rings. The minimum absolute atomic E-state index is 0.0630. The summed E-state index contributed by atoms with van der Waals surface area (Å²) in [5, 5.41) is 11.2. The van der Waals surface area contributed by atoms with Crippen molar-refractivity contribution in [3.63, 3.8) is 0 Å². The molecule has 0 spiro atoms. The van der Waals surface area contributed by atoms with Gasteiger partial charge >= 0.3 is 0 Å². The van der Waals surface area contributed by atoms with Gasteiger partial charge in [0, 0.05) is 31.7 Å². The molecule has 0 saturated carbocycles. The number of amides is 1. The minimum atomic E-state index is -3.66. The molecule has 1 aromatic heterocycles. The number of tetrazole rings is 1. The van der Waals surface area contributed by atoms with Gasteiger partial charge < -0.3 is 4.90 Å². The number of carbonyl (C=O) groups is 1. The molecular weight excluding hydrogens is 464 g/mol. The number of piperazine rings is 1. The Kier molecular flexibility index (Phi) is 6.54. The molecule has 10 heteroatoms. The van der Waals surface area contributed by atoms with Crippen LogP contribution in [0.2, 0.25) is 0 Å². The van der Waals surface area contributed by atoms with Crippen molar-refractivity contribution in [3.8, 4) is 5.69 Å². The molecule has 3 aromatic rings. The van der Waals surface area contributed by atoms with E-state index < -0.39 is 10.0 Å². The summed E-state index contributed by atoms with van der Waals surface area (Å²) in [6.45, 7) is 13.2. The lowest BCUT2D eigenvalue weighted by atomic mass is 9.85. The van der Waals surface area contributed by atoms with E-state index in [0.717, 1.165) is 27.9 Å². The van der Waals surface area contributed by atoms with Crippen molar-refractivity contribution in [3.05, 3.63) is 64.5 Å². The number of sulfonamides is 1. The molecule has 1 aliphatic heterocycles. The minimum Gasteiger partial charge on any atom is -0.336 e. The number of nitrogens with zero attached hydrogens (tertiary/aromatic N) is 6. The van der Waals surface area contributed by atoms with Crippen molar-refractivity contribution in [2.24, 2.45) is 0 Å². The van der Waals surface area contributed by atoms with Crippen LogP contribution in [0.5, 0.6) is 0 Å². The highest BCUT2D eigenvalue weighted by atomic mass is 32.2. The van der Waals surface area contributed by atoms with Gasteiger partial charge in [0.2, 0.25) is 10.0 Å². The topological polar surface area (TPSA) is 101 Å². The molecule has 35 heavy (non-hydrogen) atoms. The van der Waals surface area contributed by atoms with Crippen molar-refractivity contribution < 1.29 is 13.2 Å². The normalized spacial score (nSPS) is 15.4. The van der Waals surface area contributed by atoms with Crippen molar-refractivity contribution >= 4 is 15.9 Å². The second kappa shape index (κ2) is 9.16. The van der Waals surface area contributed by atoms with Crippen LogP contribution in [0, 0.1) is 20.8 Å². The standard InChI is InChI=1S/C25H32N6O3S/c1-17-13-20(7-8-22(17)31-16-26-27-28-31)24(32)29-9-11-30(12-10-29)35(33,34)23-18(2)14-21(15-19(23)3)25(4,5)6/h7-8,13-16H,9-12H2,1-6H3. The van der Waals surface area contributed by atoms with Crippen LogP contribution in [-0.2, 0) is 15.4 Å². The molecule has 1 amide bonds. The molecule has 0 radical (unpaired) electrons. The van der Waals surface area contributed by atoms with Gasteiger partial charge in [0.15, 0.2) is 0 Å². The predicted molar refractivity (Wildman–Crippen MR) is 133 cm³/mol. The first-order chi connectivity index (χ1) is 16.4. The van der Waals surface area contributed by atoms with E-state index in [9.17, 15) is 13.2 Å². The molecule has 4 rings (SSSR count). The highest BCUT2D eigenvalue weighted by molar-refractivity contribution is 7.89. The lowest BCUT2D eigenvalue weighted by Crippen LogP contribution is -2.50. The van der Waals surface area contributed by atoms with Gasteiger partial charge in [-0.25, -0.2) is 13.1 Å². The van der Waals surface area contributed by atoms with Gasteiger partial charge in [-0.1, -0.05) is 32.9 Å². The molecule has 0 bridgehead atoms. The Morgan fingerprint density at radius 2 is 1.54 bits per heavy atom. The van der Waals surface area contributed by atoms with Crippen LogP contribution in [0.3, 0.4) is 0 Å². The van der Waals surface area contributed by atoms with Crippen LogP contribution in [-0.4, -0.2) is 69.9 Å². The predicted octanol–water partition coefficient (Wildman–Crippen LogP) is 3.03. The van der Waals surface area contributed by atoms with E-state index in [4.69, 9.17) is 0 Å². The summed E-state index contributed by atoms with van der Waals surface area (Å²) < 4.78 is 30.1. The fourth-order valence-electron chi connectivity index (χ4n) is 4.55. The van der Waals surface area contributed by atoms with E-state index in [1.807, 2.05) is 45.0 Å². The first-order valence-corrected chi connectivity index (χ1v) is 13.1. The van der Waals surface area contributed by atoms with Gasteiger partial charge in [0.25, 0.3) is 5.91 Å². The van der Waals surface area contributed by atoms with Crippen molar-refractivity contribution in [1.29, 1.82) is 0 Å². The molecule has 0 unspecified atom stereocenters. The summed E-state index contributed by atoms with van der Waals surface area (Å²) in [6.07, 6.45) is 1.50. The Hall–Kier alpha value is -3.11. The van der Waals surface area contributed by atoms with Crippen molar-refractivity contribution in [2.75, 3.05) is 26.2 Å². The van der Waals surface area contributed by atoms with Gasteiger partial charge in [-0.05, 0) is 77.1 Å². The smallest absolute Gasteiger partial charge is 0.253 e. The first-order valence-electron chi connectivity index (χ1n) is 11.6. The second-order valence-electron chi connectivity index (χ2n) is 10.1. The van der Waals surface area contributed by atoms with E-state index in [1.165, 1.54) is 10.6 Å². The molecule has 2 heterocycles. The number of hydrogen-bond acceptors (Lipinski definition) is 6. The largest absolute Gasteiger partial charge is 0.336 e. The summed E-state index contributed by atoms with van der Waals surface area (Å²) >= 11 is 0. The van der Waals surface area contributed by atoms with E-state index in [-0.39, 0.29) is 24.4 Å². The van der Waals surface area contributed by atoms with Crippen LogP contribution in [0.4, 0.5) is 0 Å². The third kappa shape index (κ3) is 4.85. The third-order valence-electron chi connectivity index (χ3n) is 6.49. The van der Waals surface area contributed by atoms with Crippen LogP contribution in [0.25, 0.3) is 5.69 Å². The Labute approximate surface area is 206 Å². The zero-order valence-corrected chi connectivity index (χ0v) is 21.9. The summed E-state index contributed by atoms with van der Waals surface area (Å²) in [4.78, 5) is 15.2. The fraction of sp³-hybridized carbons (Fsp3) is 0.440. The zero-order chi connectivity index (χ0) is 25.5. The van der Waals surface area contributed by atoms with Crippen LogP contribution < -0.4 is 0 Å². The molecule has 0 N–H and O–H groups in total. The fourth-order valence-corrected chi connectivity index (χ4v) is 6.38. The van der Waals surface area contributed by atoms with Gasteiger partial charge in [-0.2, -0.15) is 4.31 Å². The van der Waals surface area contributed by atoms with Crippen LogP contribution >= 0.6 is 0 Å². The Bertz CT molecular complexity index is 1330. The summed E-state index contributed by atoms with van der Waals surface area (Å²) in [5.41, 5.74) is 4.79. The quantitative estimate of drug-likeness (QED) is 0.550. The van der Waals surface area contributed by atoms with Crippen molar-refractivity contribution in [2.45, 2.75) is 51.9 Å². The lowest BCUT2D eigenvalue weighted by Gasteiger charge is -2.35. The molecule has 186 valence electrons. The average Bonchev–Trinajstić information content (AvgIpc) is 3.32.